The zero-order valence-corrected chi connectivity index (χ0v) is 28.4. The Balaban J connectivity index is 0.000000187. The van der Waals surface area contributed by atoms with Crippen LogP contribution in [0.5, 0.6) is 11.5 Å². The van der Waals surface area contributed by atoms with Gasteiger partial charge in [0.2, 0.25) is 0 Å². The molecule has 3 saturated heterocycles. The lowest BCUT2D eigenvalue weighted by atomic mass is 9.43. The van der Waals surface area contributed by atoms with Crippen LogP contribution in [-0.2, 0) is 9.31 Å². The minimum atomic E-state index is -0.655. The molecule has 0 saturated carbocycles. The summed E-state index contributed by atoms with van der Waals surface area (Å²) >= 11 is 23.5. The molecule has 12 heteroatoms. The van der Waals surface area contributed by atoms with Gasteiger partial charge in [0.25, 0.3) is 12.3 Å². The predicted octanol–water partition coefficient (Wildman–Crippen LogP) is 10.6. The molecule has 2 bridgehead atoms. The van der Waals surface area contributed by atoms with E-state index in [2.05, 4.69) is 13.8 Å². The lowest BCUT2D eigenvalue weighted by Crippen LogP contribution is -2.41. The third-order valence-corrected chi connectivity index (χ3v) is 9.96. The van der Waals surface area contributed by atoms with E-state index in [9.17, 15) is 0 Å². The molecule has 4 aliphatic heterocycles. The first-order valence-corrected chi connectivity index (χ1v) is 17.0. The monoisotopic (exact) mass is 632 g/mol. The summed E-state index contributed by atoms with van der Waals surface area (Å²) in [5.41, 5.74) is -0.584. The van der Waals surface area contributed by atoms with Gasteiger partial charge >= 0.3 is 13.1 Å². The molecule has 0 unspecified atom stereocenters. The highest BCUT2D eigenvalue weighted by Crippen LogP contribution is 2.47. The Kier molecular flexibility index (Phi) is 16.4. The number of hydrogen-bond donors (Lipinski definition) is 0. The van der Waals surface area contributed by atoms with E-state index in [1.54, 1.807) is 0 Å². The summed E-state index contributed by atoms with van der Waals surface area (Å²) in [6.45, 7) is 11.0. The maximum atomic E-state index is 6.28. The van der Waals surface area contributed by atoms with Crippen LogP contribution < -0.4 is 9.31 Å². The Bertz CT molecular complexity index is 783. The average molecular weight is 634 g/mol. The van der Waals surface area contributed by atoms with Crippen molar-refractivity contribution in [2.45, 2.75) is 141 Å². The lowest BCUT2D eigenvalue weighted by molar-refractivity contribution is 0.00578. The second-order valence-corrected chi connectivity index (χ2v) is 14.0. The molecule has 4 heterocycles. The van der Waals surface area contributed by atoms with Crippen LogP contribution in [0.15, 0.2) is 24.3 Å². The van der Waals surface area contributed by atoms with Crippen molar-refractivity contribution in [3.63, 3.8) is 0 Å². The van der Waals surface area contributed by atoms with Gasteiger partial charge in [0, 0.05) is 0 Å². The molecule has 1 aromatic rings. The van der Waals surface area contributed by atoms with Crippen LogP contribution >= 0.6 is 45.8 Å². The van der Waals surface area contributed by atoms with Crippen LogP contribution in [0.3, 0.4) is 0 Å². The van der Waals surface area contributed by atoms with E-state index in [1.807, 2.05) is 52.0 Å². The Labute approximate surface area is 265 Å². The molecular weight excluding hydrogens is 585 g/mol. The van der Waals surface area contributed by atoms with Gasteiger partial charge in [0.1, 0.15) is 11.5 Å². The van der Waals surface area contributed by atoms with Crippen molar-refractivity contribution < 1.29 is 18.6 Å². The quantitative estimate of drug-likeness (QED) is 0.292. The first-order valence-electron chi connectivity index (χ1n) is 15.2. The summed E-state index contributed by atoms with van der Waals surface area (Å²) in [5, 5.41) is 0. The summed E-state index contributed by atoms with van der Waals surface area (Å²) < 4.78 is 20.7. The fourth-order valence-corrected chi connectivity index (χ4v) is 6.68. The van der Waals surface area contributed by atoms with Gasteiger partial charge in [-0.2, -0.15) is 22.9 Å². The number of unbranched alkanes of at least 4 members (excludes halogenated alkanes) is 2. The van der Waals surface area contributed by atoms with Gasteiger partial charge in [-0.15, -0.1) is 11.5 Å². The lowest BCUT2D eigenvalue weighted by Gasteiger charge is -2.36. The first kappa shape index (κ1) is 36.4. The van der Waals surface area contributed by atoms with Crippen molar-refractivity contribution in [1.29, 1.82) is 0 Å². The van der Waals surface area contributed by atoms with Gasteiger partial charge in [-0.1, -0.05) is 114 Å². The third-order valence-electron chi connectivity index (χ3n) is 8.46. The highest BCUT2D eigenvalue weighted by atomic mass is 35.5. The highest BCUT2D eigenvalue weighted by Gasteiger charge is 2.50. The van der Waals surface area contributed by atoms with E-state index in [1.165, 1.54) is 76.8 Å². The average Bonchev–Trinajstić information content (AvgIpc) is 3.35. The van der Waals surface area contributed by atoms with Crippen molar-refractivity contribution >= 4 is 71.2 Å². The van der Waals surface area contributed by atoms with E-state index in [0.29, 0.717) is 23.8 Å². The summed E-state index contributed by atoms with van der Waals surface area (Å²) in [7, 11) is 0. The topological polar surface area (TPSA) is 36.9 Å². The smallest absolute Gasteiger partial charge is 0.510 e. The molecule has 3 fully saturated rings. The zero-order valence-electron chi connectivity index (χ0n) is 25.4. The molecule has 4 aliphatic rings. The fraction of sp³-hybridized carbons (Fsp3) is 0.786. The second-order valence-electron chi connectivity index (χ2n) is 12.2. The van der Waals surface area contributed by atoms with Crippen molar-refractivity contribution in [2.24, 2.45) is 0 Å². The summed E-state index contributed by atoms with van der Waals surface area (Å²) in [5.74, 6) is 3.19. The molecule has 0 amide bonds. The molecule has 0 spiro atoms. The summed E-state index contributed by atoms with van der Waals surface area (Å²) in [6.07, 6.45) is 17.0. The van der Waals surface area contributed by atoms with Gasteiger partial charge < -0.3 is 18.6 Å². The Hall–Kier alpha value is 0.160. The maximum Gasteiger partial charge on any atom is 0.713 e. The highest BCUT2D eigenvalue weighted by molar-refractivity contribution is 7.08. The molecule has 224 valence electrons. The standard InChI is InChI=1S/C8H14BCl.C8H18BCl.C6H4BClO2.C6H12BClO2/c10-9-7-3-1-4-8(9)6-2-5-7;1-3-5-7-9(10)8-6-4-2;8-7-9-5-3-1-2-4-6(5)10-7;1-5(2)6(3,4)10-7(8)9-5/h7-8H,1-6H2;3-8H2,1-2H3;1-4H;1-4H3. The number of para-hydroxylation sites is 2. The van der Waals surface area contributed by atoms with Gasteiger partial charge in [-0.25, -0.2) is 0 Å². The third kappa shape index (κ3) is 12.0. The molecule has 0 radical (unpaired) electrons. The molecule has 0 aliphatic carbocycles. The minimum absolute atomic E-state index is 0.292. The minimum Gasteiger partial charge on any atom is -0.510 e. The molecule has 0 N–H and O–H groups in total. The first-order chi connectivity index (χ1) is 18.9. The van der Waals surface area contributed by atoms with Crippen LogP contribution in [0.1, 0.15) is 106 Å². The summed E-state index contributed by atoms with van der Waals surface area (Å²) in [4.78, 5) is 0. The van der Waals surface area contributed by atoms with E-state index in [-0.39, 0.29) is 11.2 Å². The molecule has 0 aromatic heterocycles. The molecular formula is C28H48B4Cl4O4. The molecule has 5 rings (SSSR count). The number of rotatable bonds is 6. The normalized spacial score (nSPS) is 23.2. The SMILES string of the molecule is CC1(C)OB(Cl)OC1(C)C.CCCCB(Cl)CCCC.ClB1C2CCCC1CCC2.ClB1Oc2ccccc2O1. The number of benzene rings is 1. The van der Waals surface area contributed by atoms with Gasteiger partial charge in [0.05, 0.1) is 11.2 Å². The van der Waals surface area contributed by atoms with E-state index < -0.39 is 13.1 Å². The van der Waals surface area contributed by atoms with Crippen molar-refractivity contribution in [1.82, 2.24) is 0 Å². The van der Waals surface area contributed by atoms with Crippen molar-refractivity contribution in [3.8, 4) is 11.5 Å². The molecule has 0 atom stereocenters. The Morgan fingerprint density at radius 3 is 1.45 bits per heavy atom. The molecule has 1 aromatic carbocycles. The fourth-order valence-electron chi connectivity index (χ4n) is 5.23. The Morgan fingerprint density at radius 2 is 1.15 bits per heavy atom. The van der Waals surface area contributed by atoms with E-state index >= 15 is 0 Å². The Morgan fingerprint density at radius 1 is 0.750 bits per heavy atom. The summed E-state index contributed by atoms with van der Waals surface area (Å²) in [6, 6.07) is 7.38. The van der Waals surface area contributed by atoms with Gasteiger partial charge in [-0.3, -0.25) is 0 Å². The van der Waals surface area contributed by atoms with Gasteiger partial charge in [-0.05, 0) is 51.5 Å². The predicted molar refractivity (Wildman–Crippen MR) is 179 cm³/mol. The van der Waals surface area contributed by atoms with E-state index in [0.717, 1.165) is 11.6 Å². The number of hydrogen-bond acceptors (Lipinski definition) is 4. The zero-order chi connectivity index (χ0) is 29.8. The van der Waals surface area contributed by atoms with Crippen LogP contribution in [0.25, 0.3) is 0 Å². The maximum absolute atomic E-state index is 6.28. The molecule has 40 heavy (non-hydrogen) atoms. The van der Waals surface area contributed by atoms with Crippen LogP contribution in [0, 0.1) is 0 Å². The largest absolute Gasteiger partial charge is 0.713 e. The van der Waals surface area contributed by atoms with E-state index in [4.69, 9.17) is 64.5 Å². The van der Waals surface area contributed by atoms with Gasteiger partial charge in [0.15, 0.2) is 0 Å². The molecule has 4 nitrogen and oxygen atoms in total. The number of fused-ring (bicyclic) bond motifs is 3. The second kappa shape index (κ2) is 18.1. The van der Waals surface area contributed by atoms with Crippen molar-refractivity contribution in [2.75, 3.05) is 0 Å². The van der Waals surface area contributed by atoms with Crippen molar-refractivity contribution in [3.05, 3.63) is 24.3 Å². The van der Waals surface area contributed by atoms with Crippen LogP contribution in [0.2, 0.25) is 24.3 Å². The van der Waals surface area contributed by atoms with Crippen LogP contribution in [-0.4, -0.2) is 36.5 Å². The number of halogens is 4. The van der Waals surface area contributed by atoms with Crippen LogP contribution in [0.4, 0.5) is 0 Å².